The standard InChI is InChI=1S/C20H21ClN2O/c1-24-16-12-10-14(11-13-16)19-17-8-5-9-18(21)20(17)23(22-19)15-6-3-2-4-7-15/h5,8-13,15H,2-4,6-7H2,1H3. The highest BCUT2D eigenvalue weighted by atomic mass is 35.5. The monoisotopic (exact) mass is 340 g/mol. The lowest BCUT2D eigenvalue weighted by Gasteiger charge is -2.23. The molecule has 0 saturated heterocycles. The van der Waals surface area contributed by atoms with Gasteiger partial charge in [0.2, 0.25) is 0 Å². The molecular formula is C20H21ClN2O. The predicted molar refractivity (Wildman–Crippen MR) is 98.9 cm³/mol. The number of methoxy groups -OCH3 is 1. The Labute approximate surface area is 147 Å². The Morgan fingerprint density at radius 3 is 2.50 bits per heavy atom. The van der Waals surface area contributed by atoms with Gasteiger partial charge in [0.15, 0.2) is 0 Å². The minimum atomic E-state index is 0.452. The molecule has 0 unspecified atom stereocenters. The molecule has 1 aliphatic carbocycles. The van der Waals surface area contributed by atoms with Gasteiger partial charge in [-0.3, -0.25) is 4.68 Å². The Morgan fingerprint density at radius 1 is 1.04 bits per heavy atom. The van der Waals surface area contributed by atoms with Crippen LogP contribution in [0, 0.1) is 0 Å². The summed E-state index contributed by atoms with van der Waals surface area (Å²) in [6.45, 7) is 0. The molecular weight excluding hydrogens is 320 g/mol. The molecule has 1 heterocycles. The molecule has 2 aromatic carbocycles. The van der Waals surface area contributed by atoms with Gasteiger partial charge in [0.05, 0.1) is 23.7 Å². The number of hydrogen-bond donors (Lipinski definition) is 0. The highest BCUT2D eigenvalue weighted by Gasteiger charge is 2.22. The molecule has 124 valence electrons. The molecule has 3 nitrogen and oxygen atoms in total. The van der Waals surface area contributed by atoms with Gasteiger partial charge in [-0.15, -0.1) is 0 Å². The molecule has 4 heteroatoms. The lowest BCUT2D eigenvalue weighted by atomic mass is 9.95. The highest BCUT2D eigenvalue weighted by Crippen LogP contribution is 2.37. The van der Waals surface area contributed by atoms with Gasteiger partial charge < -0.3 is 4.74 Å². The van der Waals surface area contributed by atoms with Gasteiger partial charge in [0.25, 0.3) is 0 Å². The molecule has 0 N–H and O–H groups in total. The van der Waals surface area contributed by atoms with Gasteiger partial charge >= 0.3 is 0 Å². The van der Waals surface area contributed by atoms with E-state index in [4.69, 9.17) is 21.4 Å². The Kier molecular flexibility index (Phi) is 4.19. The first-order valence-electron chi connectivity index (χ1n) is 8.59. The Hall–Kier alpha value is -2.00. The number of benzene rings is 2. The van der Waals surface area contributed by atoms with Crippen LogP contribution in [0.1, 0.15) is 38.1 Å². The smallest absolute Gasteiger partial charge is 0.118 e. The van der Waals surface area contributed by atoms with E-state index in [1.807, 2.05) is 24.3 Å². The molecule has 1 aromatic heterocycles. The summed E-state index contributed by atoms with van der Waals surface area (Å²) in [6, 6.07) is 14.6. The molecule has 1 aliphatic rings. The second kappa shape index (κ2) is 6.48. The number of halogens is 1. The quantitative estimate of drug-likeness (QED) is 0.596. The minimum absolute atomic E-state index is 0.452. The van der Waals surface area contributed by atoms with Crippen LogP contribution in [0.3, 0.4) is 0 Å². The third-order valence-corrected chi connectivity index (χ3v) is 5.27. The maximum absolute atomic E-state index is 6.55. The molecule has 3 aromatic rings. The molecule has 0 spiro atoms. The largest absolute Gasteiger partial charge is 0.497 e. The zero-order valence-corrected chi connectivity index (χ0v) is 14.6. The van der Waals surface area contributed by atoms with Gasteiger partial charge in [-0.1, -0.05) is 43.0 Å². The van der Waals surface area contributed by atoms with Gasteiger partial charge in [-0.2, -0.15) is 5.10 Å². The van der Waals surface area contributed by atoms with Crippen LogP contribution in [-0.4, -0.2) is 16.9 Å². The Bertz CT molecular complexity index is 848. The maximum Gasteiger partial charge on any atom is 0.118 e. The van der Waals surface area contributed by atoms with Crippen LogP contribution in [0.15, 0.2) is 42.5 Å². The van der Waals surface area contributed by atoms with Crippen molar-refractivity contribution in [3.8, 4) is 17.0 Å². The summed E-state index contributed by atoms with van der Waals surface area (Å²) in [7, 11) is 1.68. The number of fused-ring (bicyclic) bond motifs is 1. The fraction of sp³-hybridized carbons (Fsp3) is 0.350. The first kappa shape index (κ1) is 15.5. The van der Waals surface area contributed by atoms with Crippen LogP contribution in [0.4, 0.5) is 0 Å². The summed E-state index contributed by atoms with van der Waals surface area (Å²) < 4.78 is 7.44. The number of aromatic nitrogens is 2. The number of rotatable bonds is 3. The van der Waals surface area contributed by atoms with Crippen LogP contribution >= 0.6 is 11.6 Å². The molecule has 24 heavy (non-hydrogen) atoms. The van der Waals surface area contributed by atoms with Crippen LogP contribution in [0.25, 0.3) is 22.2 Å². The Balaban J connectivity index is 1.87. The van der Waals surface area contributed by atoms with E-state index in [9.17, 15) is 0 Å². The molecule has 0 radical (unpaired) electrons. The molecule has 0 amide bonds. The number of hydrogen-bond acceptors (Lipinski definition) is 2. The summed E-state index contributed by atoms with van der Waals surface area (Å²) in [5.74, 6) is 0.854. The van der Waals surface area contributed by atoms with Crippen LogP contribution in [0.2, 0.25) is 5.02 Å². The van der Waals surface area contributed by atoms with E-state index in [0.717, 1.165) is 32.9 Å². The lowest BCUT2D eigenvalue weighted by molar-refractivity contribution is 0.338. The average molecular weight is 341 g/mol. The highest BCUT2D eigenvalue weighted by molar-refractivity contribution is 6.35. The van der Waals surface area contributed by atoms with Crippen molar-refractivity contribution in [2.75, 3.05) is 7.11 Å². The van der Waals surface area contributed by atoms with Gasteiger partial charge in [0, 0.05) is 10.9 Å². The van der Waals surface area contributed by atoms with Crippen molar-refractivity contribution < 1.29 is 4.74 Å². The fourth-order valence-corrected chi connectivity index (χ4v) is 3.96. The van der Waals surface area contributed by atoms with Crippen molar-refractivity contribution in [1.82, 2.24) is 9.78 Å². The van der Waals surface area contributed by atoms with Crippen molar-refractivity contribution in [2.24, 2.45) is 0 Å². The van der Waals surface area contributed by atoms with Gasteiger partial charge in [-0.25, -0.2) is 0 Å². The first-order valence-corrected chi connectivity index (χ1v) is 8.97. The molecule has 0 atom stereocenters. The third-order valence-electron chi connectivity index (χ3n) is 4.96. The second-order valence-electron chi connectivity index (χ2n) is 6.45. The molecule has 1 saturated carbocycles. The zero-order chi connectivity index (χ0) is 16.5. The maximum atomic E-state index is 6.55. The van der Waals surface area contributed by atoms with Crippen molar-refractivity contribution in [1.29, 1.82) is 0 Å². The van der Waals surface area contributed by atoms with Crippen molar-refractivity contribution in [2.45, 2.75) is 38.1 Å². The molecule has 1 fully saturated rings. The number of para-hydroxylation sites is 1. The van der Waals surface area contributed by atoms with Gasteiger partial charge in [0.1, 0.15) is 11.4 Å². The van der Waals surface area contributed by atoms with E-state index >= 15 is 0 Å². The first-order chi connectivity index (χ1) is 11.8. The molecule has 0 aliphatic heterocycles. The van der Waals surface area contributed by atoms with E-state index in [0.29, 0.717) is 6.04 Å². The molecule has 0 bridgehead atoms. The second-order valence-corrected chi connectivity index (χ2v) is 6.86. The SMILES string of the molecule is COc1ccc(-c2nn(C3CCCCC3)c3c(Cl)cccc23)cc1. The third kappa shape index (κ3) is 2.67. The van der Waals surface area contributed by atoms with E-state index in [1.165, 1.54) is 32.1 Å². The van der Waals surface area contributed by atoms with Crippen LogP contribution in [0.5, 0.6) is 5.75 Å². The lowest BCUT2D eigenvalue weighted by Crippen LogP contribution is -2.14. The van der Waals surface area contributed by atoms with Crippen LogP contribution in [-0.2, 0) is 0 Å². The van der Waals surface area contributed by atoms with E-state index < -0.39 is 0 Å². The van der Waals surface area contributed by atoms with Crippen molar-refractivity contribution in [3.05, 3.63) is 47.5 Å². The van der Waals surface area contributed by atoms with Crippen molar-refractivity contribution >= 4 is 22.5 Å². The average Bonchev–Trinajstić information content (AvgIpc) is 3.04. The number of ether oxygens (including phenoxy) is 1. The molecule has 4 rings (SSSR count). The summed E-state index contributed by atoms with van der Waals surface area (Å²) in [5, 5.41) is 6.90. The summed E-state index contributed by atoms with van der Waals surface area (Å²) in [6.07, 6.45) is 6.24. The topological polar surface area (TPSA) is 27.1 Å². The summed E-state index contributed by atoms with van der Waals surface area (Å²) in [4.78, 5) is 0. The minimum Gasteiger partial charge on any atom is -0.497 e. The normalized spacial score (nSPS) is 15.8. The zero-order valence-electron chi connectivity index (χ0n) is 13.8. The summed E-state index contributed by atoms with van der Waals surface area (Å²) in [5.41, 5.74) is 3.16. The fourth-order valence-electron chi connectivity index (χ4n) is 3.70. The van der Waals surface area contributed by atoms with E-state index in [2.05, 4.69) is 22.9 Å². The van der Waals surface area contributed by atoms with Gasteiger partial charge in [-0.05, 0) is 43.2 Å². The summed E-state index contributed by atoms with van der Waals surface area (Å²) >= 11 is 6.55. The van der Waals surface area contributed by atoms with E-state index in [1.54, 1.807) is 7.11 Å². The Morgan fingerprint density at radius 2 is 1.79 bits per heavy atom. The van der Waals surface area contributed by atoms with Crippen molar-refractivity contribution in [3.63, 3.8) is 0 Å². The van der Waals surface area contributed by atoms with E-state index in [-0.39, 0.29) is 0 Å². The van der Waals surface area contributed by atoms with Crippen LogP contribution < -0.4 is 4.74 Å². The predicted octanol–water partition coefficient (Wildman–Crippen LogP) is 5.87. The number of nitrogens with zero attached hydrogens (tertiary/aromatic N) is 2.